The van der Waals surface area contributed by atoms with Gasteiger partial charge in [-0.1, -0.05) is 26.0 Å². The Balaban J connectivity index is 1.84. The Labute approximate surface area is 127 Å². The summed E-state index contributed by atoms with van der Waals surface area (Å²) in [5.41, 5.74) is 3.33. The molecule has 0 aliphatic carbocycles. The van der Waals surface area contributed by atoms with E-state index < -0.39 is 0 Å². The van der Waals surface area contributed by atoms with Gasteiger partial charge in [-0.3, -0.25) is 4.98 Å². The van der Waals surface area contributed by atoms with Crippen LogP contribution in [0.15, 0.2) is 42.6 Å². The van der Waals surface area contributed by atoms with Crippen molar-refractivity contribution in [3.8, 4) is 5.75 Å². The van der Waals surface area contributed by atoms with Crippen LogP contribution in [0.2, 0.25) is 0 Å². The van der Waals surface area contributed by atoms with Gasteiger partial charge < -0.3 is 10.1 Å². The van der Waals surface area contributed by atoms with E-state index in [1.807, 2.05) is 37.4 Å². The van der Waals surface area contributed by atoms with Gasteiger partial charge in [0.1, 0.15) is 5.75 Å². The average Bonchev–Trinajstić information content (AvgIpc) is 2.47. The molecule has 21 heavy (non-hydrogen) atoms. The summed E-state index contributed by atoms with van der Waals surface area (Å²) in [4.78, 5) is 4.27. The molecule has 0 aliphatic heterocycles. The van der Waals surface area contributed by atoms with Crippen molar-refractivity contribution in [2.75, 3.05) is 11.9 Å². The third-order valence-electron chi connectivity index (χ3n) is 3.38. The van der Waals surface area contributed by atoms with Crippen molar-refractivity contribution < 1.29 is 4.74 Å². The van der Waals surface area contributed by atoms with Crippen LogP contribution in [0.5, 0.6) is 5.75 Å². The predicted molar refractivity (Wildman–Crippen MR) is 87.7 cm³/mol. The predicted octanol–water partition coefficient (Wildman–Crippen LogP) is 4.43. The minimum absolute atomic E-state index is 0.677. The standard InChI is InChI=1S/C18H24N2O/c1-14(2)10-12-21-17-8-6-16(7-9-17)13-20-18-5-4-11-19-15(18)3/h4-9,11,14,20H,10,12-13H2,1-3H3. The van der Waals surface area contributed by atoms with Crippen LogP contribution in [-0.4, -0.2) is 11.6 Å². The van der Waals surface area contributed by atoms with Crippen molar-refractivity contribution >= 4 is 5.69 Å². The molecule has 2 rings (SSSR count). The maximum atomic E-state index is 5.72. The average molecular weight is 284 g/mol. The molecule has 1 heterocycles. The van der Waals surface area contributed by atoms with Crippen LogP contribution >= 0.6 is 0 Å². The monoisotopic (exact) mass is 284 g/mol. The van der Waals surface area contributed by atoms with Crippen LogP contribution in [0.25, 0.3) is 0 Å². The molecule has 0 radical (unpaired) electrons. The van der Waals surface area contributed by atoms with Gasteiger partial charge in [0.2, 0.25) is 0 Å². The van der Waals surface area contributed by atoms with E-state index >= 15 is 0 Å². The highest BCUT2D eigenvalue weighted by Crippen LogP contribution is 2.16. The fourth-order valence-corrected chi connectivity index (χ4v) is 1.98. The van der Waals surface area contributed by atoms with Crippen molar-refractivity contribution in [3.05, 3.63) is 53.9 Å². The molecule has 3 nitrogen and oxygen atoms in total. The van der Waals surface area contributed by atoms with Gasteiger partial charge >= 0.3 is 0 Å². The van der Waals surface area contributed by atoms with Crippen molar-refractivity contribution in [2.45, 2.75) is 33.7 Å². The third kappa shape index (κ3) is 5.10. The van der Waals surface area contributed by atoms with E-state index in [9.17, 15) is 0 Å². The van der Waals surface area contributed by atoms with E-state index in [2.05, 4.69) is 36.3 Å². The van der Waals surface area contributed by atoms with E-state index in [-0.39, 0.29) is 0 Å². The second kappa shape index (κ2) is 7.67. The Morgan fingerprint density at radius 3 is 2.57 bits per heavy atom. The summed E-state index contributed by atoms with van der Waals surface area (Å²) in [6, 6.07) is 12.3. The SMILES string of the molecule is Cc1ncccc1NCc1ccc(OCCC(C)C)cc1. The molecular weight excluding hydrogens is 260 g/mol. The van der Waals surface area contributed by atoms with E-state index in [1.54, 1.807) is 0 Å². The van der Waals surface area contributed by atoms with Gasteiger partial charge in [0.05, 0.1) is 18.0 Å². The Morgan fingerprint density at radius 2 is 1.90 bits per heavy atom. The number of ether oxygens (including phenoxy) is 1. The first-order valence-electron chi connectivity index (χ1n) is 7.52. The second-order valence-electron chi connectivity index (χ2n) is 5.66. The molecule has 0 atom stereocenters. The number of nitrogens with zero attached hydrogens (tertiary/aromatic N) is 1. The number of pyridine rings is 1. The molecule has 0 saturated carbocycles. The van der Waals surface area contributed by atoms with E-state index in [0.717, 1.165) is 36.7 Å². The highest BCUT2D eigenvalue weighted by Gasteiger charge is 2.00. The fraction of sp³-hybridized carbons (Fsp3) is 0.389. The number of hydrogen-bond acceptors (Lipinski definition) is 3. The molecule has 0 amide bonds. The molecule has 0 saturated heterocycles. The summed E-state index contributed by atoms with van der Waals surface area (Å²) in [5, 5.41) is 3.40. The first-order valence-corrected chi connectivity index (χ1v) is 7.52. The van der Waals surface area contributed by atoms with E-state index in [0.29, 0.717) is 5.92 Å². The number of aromatic nitrogens is 1. The van der Waals surface area contributed by atoms with Crippen molar-refractivity contribution in [2.24, 2.45) is 5.92 Å². The lowest BCUT2D eigenvalue weighted by atomic mass is 10.1. The highest BCUT2D eigenvalue weighted by molar-refractivity contribution is 5.47. The maximum absolute atomic E-state index is 5.72. The molecule has 1 aromatic heterocycles. The zero-order valence-electron chi connectivity index (χ0n) is 13.1. The van der Waals surface area contributed by atoms with Crippen molar-refractivity contribution in [1.29, 1.82) is 0 Å². The molecule has 2 aromatic rings. The number of rotatable bonds is 7. The quantitative estimate of drug-likeness (QED) is 0.817. The number of hydrogen-bond donors (Lipinski definition) is 1. The van der Waals surface area contributed by atoms with Crippen molar-refractivity contribution in [3.63, 3.8) is 0 Å². The molecule has 0 aliphatic rings. The summed E-state index contributed by atoms with van der Waals surface area (Å²) >= 11 is 0. The molecule has 0 bridgehead atoms. The van der Waals surface area contributed by atoms with E-state index in [4.69, 9.17) is 4.74 Å². The number of nitrogens with one attached hydrogen (secondary N) is 1. The zero-order chi connectivity index (χ0) is 15.1. The van der Waals surface area contributed by atoms with Gasteiger partial charge in [0.25, 0.3) is 0 Å². The summed E-state index contributed by atoms with van der Waals surface area (Å²) in [5.74, 6) is 1.62. The van der Waals surface area contributed by atoms with Gasteiger partial charge in [-0.25, -0.2) is 0 Å². The molecule has 3 heteroatoms. The Bertz CT molecular complexity index is 549. The maximum Gasteiger partial charge on any atom is 0.119 e. The van der Waals surface area contributed by atoms with Crippen molar-refractivity contribution in [1.82, 2.24) is 4.98 Å². The van der Waals surface area contributed by atoms with Gasteiger partial charge in [-0.2, -0.15) is 0 Å². The normalized spacial score (nSPS) is 10.7. The van der Waals surface area contributed by atoms with Crippen LogP contribution in [0.3, 0.4) is 0 Å². The number of benzene rings is 1. The van der Waals surface area contributed by atoms with Gasteiger partial charge in [-0.15, -0.1) is 0 Å². The topological polar surface area (TPSA) is 34.2 Å². The first-order chi connectivity index (χ1) is 10.1. The van der Waals surface area contributed by atoms with Gasteiger partial charge in [0, 0.05) is 12.7 Å². The van der Waals surface area contributed by atoms with Crippen LogP contribution in [-0.2, 0) is 6.54 Å². The summed E-state index contributed by atoms with van der Waals surface area (Å²) in [6.45, 7) is 7.99. The minimum Gasteiger partial charge on any atom is -0.494 e. The Kier molecular flexibility index (Phi) is 5.61. The molecule has 0 fully saturated rings. The molecular formula is C18H24N2O. The lowest BCUT2D eigenvalue weighted by Crippen LogP contribution is -2.03. The highest BCUT2D eigenvalue weighted by atomic mass is 16.5. The molecule has 1 N–H and O–H groups in total. The van der Waals surface area contributed by atoms with Crippen LogP contribution in [0.1, 0.15) is 31.5 Å². The summed E-state index contributed by atoms with van der Waals surface area (Å²) in [6.07, 6.45) is 2.90. The Morgan fingerprint density at radius 1 is 1.14 bits per heavy atom. The Hall–Kier alpha value is -2.03. The summed E-state index contributed by atoms with van der Waals surface area (Å²) in [7, 11) is 0. The molecule has 0 unspecified atom stereocenters. The fourth-order valence-electron chi connectivity index (χ4n) is 1.98. The smallest absolute Gasteiger partial charge is 0.119 e. The van der Waals surface area contributed by atoms with Crippen LogP contribution < -0.4 is 10.1 Å². The largest absolute Gasteiger partial charge is 0.494 e. The van der Waals surface area contributed by atoms with Crippen LogP contribution in [0, 0.1) is 12.8 Å². The lowest BCUT2D eigenvalue weighted by Gasteiger charge is -2.10. The molecule has 1 aromatic carbocycles. The first kappa shape index (κ1) is 15.4. The molecule has 0 spiro atoms. The second-order valence-corrected chi connectivity index (χ2v) is 5.66. The third-order valence-corrected chi connectivity index (χ3v) is 3.38. The van der Waals surface area contributed by atoms with E-state index in [1.165, 1.54) is 5.56 Å². The number of anilines is 1. The summed E-state index contributed by atoms with van der Waals surface area (Å²) < 4.78 is 5.72. The van der Waals surface area contributed by atoms with Gasteiger partial charge in [0.15, 0.2) is 0 Å². The molecule has 112 valence electrons. The number of aryl methyl sites for hydroxylation is 1. The zero-order valence-corrected chi connectivity index (χ0v) is 13.1. The van der Waals surface area contributed by atoms with Gasteiger partial charge in [-0.05, 0) is 49.1 Å². The lowest BCUT2D eigenvalue weighted by molar-refractivity contribution is 0.289. The van der Waals surface area contributed by atoms with Crippen LogP contribution in [0.4, 0.5) is 5.69 Å². The minimum atomic E-state index is 0.677.